The van der Waals surface area contributed by atoms with Gasteiger partial charge in [0.15, 0.2) is 11.6 Å². The Balaban J connectivity index is 2.12. The van der Waals surface area contributed by atoms with Crippen LogP contribution in [-0.2, 0) is 15.0 Å². The van der Waals surface area contributed by atoms with Gasteiger partial charge in [-0.3, -0.25) is 9.59 Å². The molecule has 0 aromatic heterocycles. The number of carbonyl (C=O) groups is 2. The smallest absolute Gasteiger partial charge is 0.159 e. The van der Waals surface area contributed by atoms with Gasteiger partial charge in [0.25, 0.3) is 0 Å². The quantitative estimate of drug-likeness (QED) is 0.929. The number of hydrogen-bond acceptors (Lipinski definition) is 3. The summed E-state index contributed by atoms with van der Waals surface area (Å²) in [6.45, 7) is 2.08. The highest BCUT2D eigenvalue weighted by Gasteiger charge is 2.34. The molecular formula is C20H18O3. The molecule has 0 atom stereocenters. The van der Waals surface area contributed by atoms with E-state index in [0.717, 1.165) is 16.7 Å². The first-order chi connectivity index (χ1) is 11.0. The average Bonchev–Trinajstić information content (AvgIpc) is 2.56. The minimum absolute atomic E-state index is 0.0881. The highest BCUT2D eigenvalue weighted by molar-refractivity contribution is 5.94. The monoisotopic (exact) mass is 306 g/mol. The molecule has 0 aliphatic heterocycles. The first kappa shape index (κ1) is 15.2. The normalized spacial score (nSPS) is 18.0. The molecule has 0 spiro atoms. The van der Waals surface area contributed by atoms with Gasteiger partial charge in [-0.25, -0.2) is 0 Å². The lowest BCUT2D eigenvalue weighted by molar-refractivity contribution is -0.114. The number of carbonyl (C=O) groups excluding carboxylic acids is 2. The van der Waals surface area contributed by atoms with Gasteiger partial charge in [-0.05, 0) is 47.9 Å². The molecular weight excluding hydrogens is 288 g/mol. The highest BCUT2D eigenvalue weighted by Crippen LogP contribution is 2.42. The van der Waals surface area contributed by atoms with Gasteiger partial charge in [0.05, 0.1) is 0 Å². The van der Waals surface area contributed by atoms with E-state index in [1.807, 2.05) is 36.4 Å². The largest absolute Gasteiger partial charge is 0.508 e. The molecule has 2 aliphatic rings. The number of phenolic OH excluding ortho intramolecular Hbond substituents is 1. The topological polar surface area (TPSA) is 54.4 Å². The molecule has 3 nitrogen and oxygen atoms in total. The van der Waals surface area contributed by atoms with Crippen molar-refractivity contribution in [2.75, 3.05) is 0 Å². The van der Waals surface area contributed by atoms with Crippen molar-refractivity contribution in [1.29, 1.82) is 0 Å². The van der Waals surface area contributed by atoms with Crippen LogP contribution in [0.5, 0.6) is 5.75 Å². The third-order valence-electron chi connectivity index (χ3n) is 4.54. The second-order valence-electron chi connectivity index (χ2n) is 6.00. The summed E-state index contributed by atoms with van der Waals surface area (Å²) in [5.74, 6) is 0.387. The maximum absolute atomic E-state index is 11.5. The lowest BCUT2D eigenvalue weighted by Gasteiger charge is -2.35. The number of ketones is 2. The van der Waals surface area contributed by atoms with Gasteiger partial charge in [-0.1, -0.05) is 36.4 Å². The summed E-state index contributed by atoms with van der Waals surface area (Å²) in [6, 6.07) is 7.07. The molecule has 3 rings (SSSR count). The summed E-state index contributed by atoms with van der Waals surface area (Å²) in [5.41, 5.74) is 2.58. The van der Waals surface area contributed by atoms with Crippen molar-refractivity contribution in [1.82, 2.24) is 0 Å². The maximum Gasteiger partial charge on any atom is 0.159 e. The Morgan fingerprint density at radius 3 is 1.70 bits per heavy atom. The number of rotatable bonds is 3. The molecule has 0 saturated heterocycles. The lowest BCUT2D eigenvalue weighted by atomic mass is 9.68. The van der Waals surface area contributed by atoms with Gasteiger partial charge in [0.2, 0.25) is 0 Å². The Morgan fingerprint density at radius 2 is 1.30 bits per heavy atom. The molecule has 1 aromatic carbocycles. The second kappa shape index (κ2) is 5.84. The molecule has 0 unspecified atom stereocenters. The van der Waals surface area contributed by atoms with Gasteiger partial charge in [0.1, 0.15) is 5.75 Å². The Hall–Kier alpha value is -2.68. The van der Waals surface area contributed by atoms with E-state index in [0.29, 0.717) is 12.8 Å². The molecule has 23 heavy (non-hydrogen) atoms. The molecule has 3 heteroatoms. The summed E-state index contributed by atoms with van der Waals surface area (Å²) < 4.78 is 0. The van der Waals surface area contributed by atoms with Crippen molar-refractivity contribution < 1.29 is 14.7 Å². The number of aromatic hydroxyl groups is 1. The number of phenols is 1. The molecule has 1 aromatic rings. The summed E-state index contributed by atoms with van der Waals surface area (Å²) >= 11 is 0. The average molecular weight is 306 g/mol. The summed E-state index contributed by atoms with van der Waals surface area (Å²) in [6.07, 6.45) is 11.6. The Bertz CT molecular complexity index is 732. The van der Waals surface area contributed by atoms with E-state index in [1.54, 1.807) is 24.3 Å². The first-order valence-electron chi connectivity index (χ1n) is 7.63. The van der Waals surface area contributed by atoms with E-state index >= 15 is 0 Å². The number of allylic oxidation sites excluding steroid dienone is 8. The minimum atomic E-state index is -0.470. The van der Waals surface area contributed by atoms with Crippen molar-refractivity contribution in [3.63, 3.8) is 0 Å². The SMILES string of the molecule is CC(C1=CCC(=O)C=C1)(C1=CCC(=O)C=C1)c1ccc(O)cc1. The summed E-state index contributed by atoms with van der Waals surface area (Å²) in [7, 11) is 0. The van der Waals surface area contributed by atoms with Crippen LogP contribution in [0.4, 0.5) is 0 Å². The molecule has 0 saturated carbocycles. The fourth-order valence-corrected chi connectivity index (χ4v) is 3.10. The van der Waals surface area contributed by atoms with Crippen LogP contribution in [0.2, 0.25) is 0 Å². The van der Waals surface area contributed by atoms with Crippen LogP contribution in [0.1, 0.15) is 25.3 Å². The molecule has 0 bridgehead atoms. The van der Waals surface area contributed by atoms with Crippen molar-refractivity contribution in [2.24, 2.45) is 0 Å². The lowest BCUT2D eigenvalue weighted by Crippen LogP contribution is -2.28. The second-order valence-corrected chi connectivity index (χ2v) is 6.00. The van der Waals surface area contributed by atoms with E-state index in [1.165, 1.54) is 0 Å². The molecule has 116 valence electrons. The Morgan fingerprint density at radius 1 is 0.826 bits per heavy atom. The standard InChI is InChI=1S/C20H18O3/c1-20(14-2-8-17(21)9-3-14,15-4-10-18(22)11-5-15)16-6-12-19(23)13-7-16/h2-10,12,21H,11,13H2,1H3. The van der Waals surface area contributed by atoms with E-state index in [9.17, 15) is 14.7 Å². The van der Waals surface area contributed by atoms with E-state index in [-0.39, 0.29) is 17.3 Å². The van der Waals surface area contributed by atoms with Crippen molar-refractivity contribution in [3.05, 3.63) is 77.4 Å². The zero-order valence-electron chi connectivity index (χ0n) is 13.0. The third-order valence-corrected chi connectivity index (χ3v) is 4.54. The van der Waals surface area contributed by atoms with E-state index in [2.05, 4.69) is 6.92 Å². The van der Waals surface area contributed by atoms with Crippen LogP contribution in [-0.4, -0.2) is 16.7 Å². The van der Waals surface area contributed by atoms with Crippen LogP contribution < -0.4 is 0 Å². The van der Waals surface area contributed by atoms with Crippen LogP contribution >= 0.6 is 0 Å². The predicted octanol–water partition coefficient (Wildman–Crippen LogP) is 3.56. The molecule has 2 aliphatic carbocycles. The maximum atomic E-state index is 11.5. The van der Waals surface area contributed by atoms with E-state index in [4.69, 9.17) is 0 Å². The van der Waals surface area contributed by atoms with Crippen molar-refractivity contribution >= 4 is 11.6 Å². The summed E-state index contributed by atoms with van der Waals surface area (Å²) in [4.78, 5) is 23.0. The minimum Gasteiger partial charge on any atom is -0.508 e. The van der Waals surface area contributed by atoms with Crippen LogP contribution in [0.25, 0.3) is 0 Å². The van der Waals surface area contributed by atoms with Gasteiger partial charge in [-0.2, -0.15) is 0 Å². The van der Waals surface area contributed by atoms with Crippen LogP contribution in [0, 0.1) is 0 Å². The molecule has 0 fully saturated rings. The zero-order chi connectivity index (χ0) is 16.4. The van der Waals surface area contributed by atoms with Gasteiger partial charge >= 0.3 is 0 Å². The molecule has 0 amide bonds. The number of benzene rings is 1. The van der Waals surface area contributed by atoms with Gasteiger partial charge in [0, 0.05) is 18.3 Å². The molecule has 0 heterocycles. The van der Waals surface area contributed by atoms with Crippen LogP contribution in [0.15, 0.2) is 71.9 Å². The first-order valence-corrected chi connectivity index (χ1v) is 7.63. The van der Waals surface area contributed by atoms with Crippen molar-refractivity contribution in [2.45, 2.75) is 25.2 Å². The fraction of sp³-hybridized carbons (Fsp3) is 0.200. The van der Waals surface area contributed by atoms with Crippen molar-refractivity contribution in [3.8, 4) is 5.75 Å². The third kappa shape index (κ3) is 2.82. The Labute approximate surface area is 135 Å². The van der Waals surface area contributed by atoms with Crippen LogP contribution in [0.3, 0.4) is 0 Å². The zero-order valence-corrected chi connectivity index (χ0v) is 13.0. The predicted molar refractivity (Wildman–Crippen MR) is 89.2 cm³/mol. The molecule has 0 radical (unpaired) electrons. The number of hydrogen-bond donors (Lipinski definition) is 1. The van der Waals surface area contributed by atoms with Gasteiger partial charge < -0.3 is 5.11 Å². The van der Waals surface area contributed by atoms with E-state index < -0.39 is 5.41 Å². The van der Waals surface area contributed by atoms with Gasteiger partial charge in [-0.15, -0.1) is 0 Å². The molecule has 1 N–H and O–H groups in total. The Kier molecular flexibility index (Phi) is 3.87. The fourth-order valence-electron chi connectivity index (χ4n) is 3.10. The summed E-state index contributed by atoms with van der Waals surface area (Å²) in [5, 5.41) is 9.57. The highest BCUT2D eigenvalue weighted by atomic mass is 16.3.